The van der Waals surface area contributed by atoms with Crippen LogP contribution in [0.3, 0.4) is 0 Å². The lowest BCUT2D eigenvalue weighted by atomic mass is 9.80. The monoisotopic (exact) mass is 265 g/mol. The molecule has 1 saturated carbocycles. The molecule has 0 N–H and O–H groups in total. The highest BCUT2D eigenvalue weighted by atomic mass is 19.4. The molecule has 104 valence electrons. The molecule has 1 saturated heterocycles. The van der Waals surface area contributed by atoms with Gasteiger partial charge in [-0.3, -0.25) is 9.63 Å². The fourth-order valence-electron chi connectivity index (χ4n) is 2.69. The Bertz CT molecular complexity index is 300. The van der Waals surface area contributed by atoms with Crippen molar-refractivity contribution in [3.05, 3.63) is 0 Å². The molecule has 2 fully saturated rings. The minimum Gasteiger partial charge on any atom is -0.272 e. The first-order valence-electron chi connectivity index (χ1n) is 6.49. The molecule has 2 rings (SSSR count). The summed E-state index contributed by atoms with van der Waals surface area (Å²) in [7, 11) is 0. The third kappa shape index (κ3) is 3.16. The van der Waals surface area contributed by atoms with Crippen molar-refractivity contribution in [2.24, 2.45) is 11.8 Å². The van der Waals surface area contributed by atoms with Gasteiger partial charge in [0.15, 0.2) is 0 Å². The van der Waals surface area contributed by atoms with Crippen LogP contribution in [-0.2, 0) is 9.63 Å². The molecular weight excluding hydrogens is 247 g/mol. The highest BCUT2D eigenvalue weighted by Crippen LogP contribution is 2.40. The van der Waals surface area contributed by atoms with Gasteiger partial charge in [0.2, 0.25) is 5.91 Å². The van der Waals surface area contributed by atoms with Crippen LogP contribution in [0.4, 0.5) is 13.2 Å². The molecule has 2 unspecified atom stereocenters. The van der Waals surface area contributed by atoms with Crippen molar-refractivity contribution in [2.75, 3.05) is 13.2 Å². The van der Waals surface area contributed by atoms with Crippen LogP contribution >= 0.6 is 0 Å². The van der Waals surface area contributed by atoms with Gasteiger partial charge in [-0.1, -0.05) is 6.42 Å². The van der Waals surface area contributed by atoms with E-state index in [0.717, 1.165) is 12.8 Å². The van der Waals surface area contributed by atoms with Crippen molar-refractivity contribution in [2.45, 2.75) is 44.7 Å². The zero-order chi connectivity index (χ0) is 13.2. The Morgan fingerprint density at radius 3 is 2.56 bits per heavy atom. The Balaban J connectivity index is 1.93. The van der Waals surface area contributed by atoms with E-state index in [0.29, 0.717) is 26.0 Å². The van der Waals surface area contributed by atoms with Gasteiger partial charge >= 0.3 is 6.18 Å². The second-order valence-electron chi connectivity index (χ2n) is 5.08. The molecule has 1 heterocycles. The first-order valence-corrected chi connectivity index (χ1v) is 6.49. The molecule has 0 aromatic carbocycles. The number of alkyl halides is 3. The molecular formula is C12H18F3NO2. The second kappa shape index (κ2) is 5.47. The first kappa shape index (κ1) is 13.6. The van der Waals surface area contributed by atoms with Gasteiger partial charge in [-0.25, -0.2) is 5.06 Å². The number of nitrogens with zero attached hydrogens (tertiary/aromatic N) is 1. The maximum absolute atomic E-state index is 12.7. The van der Waals surface area contributed by atoms with Gasteiger partial charge in [0.1, 0.15) is 0 Å². The second-order valence-corrected chi connectivity index (χ2v) is 5.08. The summed E-state index contributed by atoms with van der Waals surface area (Å²) in [6.07, 6.45) is -1.33. The predicted molar refractivity (Wildman–Crippen MR) is 58.4 cm³/mol. The van der Waals surface area contributed by atoms with Crippen molar-refractivity contribution in [1.29, 1.82) is 0 Å². The zero-order valence-corrected chi connectivity index (χ0v) is 10.2. The largest absolute Gasteiger partial charge is 0.391 e. The van der Waals surface area contributed by atoms with E-state index in [4.69, 9.17) is 4.84 Å². The van der Waals surface area contributed by atoms with Crippen molar-refractivity contribution in [3.8, 4) is 0 Å². The highest BCUT2D eigenvalue weighted by Gasteiger charge is 2.44. The Morgan fingerprint density at radius 1 is 1.17 bits per heavy atom. The number of amides is 1. The average molecular weight is 265 g/mol. The molecule has 6 heteroatoms. The van der Waals surface area contributed by atoms with Crippen molar-refractivity contribution < 1.29 is 22.8 Å². The molecule has 2 atom stereocenters. The van der Waals surface area contributed by atoms with Crippen molar-refractivity contribution in [1.82, 2.24) is 5.06 Å². The molecule has 0 radical (unpaired) electrons. The summed E-state index contributed by atoms with van der Waals surface area (Å²) in [6.45, 7) is 0.993. The third-order valence-electron chi connectivity index (χ3n) is 3.73. The fraction of sp³-hybridized carbons (Fsp3) is 0.917. The van der Waals surface area contributed by atoms with Crippen LogP contribution in [-0.4, -0.2) is 30.3 Å². The van der Waals surface area contributed by atoms with Crippen LogP contribution in [0.15, 0.2) is 0 Å². The predicted octanol–water partition coefficient (Wildman–Crippen LogP) is 2.91. The van der Waals surface area contributed by atoms with Gasteiger partial charge in [-0.05, 0) is 32.1 Å². The topological polar surface area (TPSA) is 29.5 Å². The van der Waals surface area contributed by atoms with E-state index in [2.05, 4.69) is 0 Å². The number of hydroxylamine groups is 2. The number of hydrogen-bond donors (Lipinski definition) is 0. The zero-order valence-electron chi connectivity index (χ0n) is 10.2. The molecule has 0 spiro atoms. The highest BCUT2D eigenvalue weighted by molar-refractivity contribution is 5.78. The molecule has 0 aromatic heterocycles. The van der Waals surface area contributed by atoms with Gasteiger partial charge in [-0.15, -0.1) is 0 Å². The van der Waals surface area contributed by atoms with Crippen LogP contribution < -0.4 is 0 Å². The van der Waals surface area contributed by atoms with E-state index in [9.17, 15) is 18.0 Å². The smallest absolute Gasteiger partial charge is 0.272 e. The van der Waals surface area contributed by atoms with Crippen LogP contribution in [0.2, 0.25) is 0 Å². The summed E-state index contributed by atoms with van der Waals surface area (Å²) in [4.78, 5) is 17.3. The summed E-state index contributed by atoms with van der Waals surface area (Å²) in [5.74, 6) is -2.11. The molecule has 0 bridgehead atoms. The molecule has 1 aliphatic carbocycles. The SMILES string of the molecule is O=C(C1CCCC(C(F)(F)F)C1)N1CCCCO1. The van der Waals surface area contributed by atoms with Crippen molar-refractivity contribution >= 4 is 5.91 Å². The van der Waals surface area contributed by atoms with Crippen LogP contribution in [0, 0.1) is 11.8 Å². The van der Waals surface area contributed by atoms with Crippen LogP contribution in [0.25, 0.3) is 0 Å². The van der Waals surface area contributed by atoms with E-state index >= 15 is 0 Å². The first-order chi connectivity index (χ1) is 8.48. The van der Waals surface area contributed by atoms with E-state index in [1.54, 1.807) is 0 Å². The molecule has 2 aliphatic rings. The fourth-order valence-corrected chi connectivity index (χ4v) is 2.69. The molecule has 1 amide bonds. The molecule has 18 heavy (non-hydrogen) atoms. The lowest BCUT2D eigenvalue weighted by Crippen LogP contribution is -2.42. The normalized spacial score (nSPS) is 30.3. The van der Waals surface area contributed by atoms with Gasteiger partial charge < -0.3 is 0 Å². The molecule has 3 nitrogen and oxygen atoms in total. The lowest BCUT2D eigenvalue weighted by Gasteiger charge is -2.34. The van der Waals surface area contributed by atoms with E-state index in [-0.39, 0.29) is 18.7 Å². The van der Waals surface area contributed by atoms with Crippen LogP contribution in [0.5, 0.6) is 0 Å². The van der Waals surface area contributed by atoms with Gasteiger partial charge in [-0.2, -0.15) is 13.2 Å². The number of hydrogen-bond acceptors (Lipinski definition) is 2. The number of carbonyl (C=O) groups excluding carboxylic acids is 1. The van der Waals surface area contributed by atoms with E-state index in [1.165, 1.54) is 5.06 Å². The third-order valence-corrected chi connectivity index (χ3v) is 3.73. The number of halogens is 3. The summed E-state index contributed by atoms with van der Waals surface area (Å²) in [5, 5.41) is 1.27. The standard InChI is InChI=1S/C12H18F3NO2/c13-12(14,15)10-5-3-4-9(8-10)11(17)16-6-1-2-7-18-16/h9-10H,1-8H2. The minimum absolute atomic E-state index is 0.0812. The summed E-state index contributed by atoms with van der Waals surface area (Å²) in [5.41, 5.74) is 0. The average Bonchev–Trinajstić information content (AvgIpc) is 2.38. The maximum atomic E-state index is 12.7. The number of rotatable bonds is 1. The summed E-state index contributed by atoms with van der Waals surface area (Å²) in [6, 6.07) is 0. The minimum atomic E-state index is -4.18. The van der Waals surface area contributed by atoms with E-state index in [1.807, 2.05) is 0 Å². The van der Waals surface area contributed by atoms with Crippen molar-refractivity contribution in [3.63, 3.8) is 0 Å². The quantitative estimate of drug-likeness (QED) is 0.729. The Morgan fingerprint density at radius 2 is 1.94 bits per heavy atom. The summed E-state index contributed by atoms with van der Waals surface area (Å²) >= 11 is 0. The lowest BCUT2D eigenvalue weighted by molar-refractivity contribution is -0.209. The van der Waals surface area contributed by atoms with Gasteiger partial charge in [0.25, 0.3) is 0 Å². The van der Waals surface area contributed by atoms with E-state index < -0.39 is 18.0 Å². The molecule has 1 aliphatic heterocycles. The van der Waals surface area contributed by atoms with Crippen LogP contribution in [0.1, 0.15) is 38.5 Å². The summed E-state index contributed by atoms with van der Waals surface area (Å²) < 4.78 is 38.0. The van der Waals surface area contributed by atoms with Gasteiger partial charge in [0, 0.05) is 12.5 Å². The Labute approximate surface area is 104 Å². The maximum Gasteiger partial charge on any atom is 0.391 e. The Kier molecular flexibility index (Phi) is 4.14. The molecule has 0 aromatic rings. The van der Waals surface area contributed by atoms with Gasteiger partial charge in [0.05, 0.1) is 12.5 Å². The number of carbonyl (C=O) groups is 1. The Hall–Kier alpha value is -0.780.